The van der Waals surface area contributed by atoms with Crippen LogP contribution < -0.4 is 16.4 Å². The summed E-state index contributed by atoms with van der Waals surface area (Å²) in [5, 5.41) is 13.6. The number of amides is 2. The third-order valence-electron chi connectivity index (χ3n) is 2.72. The second-order valence-corrected chi connectivity index (χ2v) is 5.00. The second-order valence-electron chi connectivity index (χ2n) is 5.00. The summed E-state index contributed by atoms with van der Waals surface area (Å²) in [5.41, 5.74) is 5.78. The number of nitrogens with two attached hydrogens (primary N) is 1. The largest absolute Gasteiger partial charge is 0.384 e. The van der Waals surface area contributed by atoms with Crippen molar-refractivity contribution < 1.29 is 9.59 Å². The van der Waals surface area contributed by atoms with E-state index in [1.165, 1.54) is 18.3 Å². The van der Waals surface area contributed by atoms with E-state index >= 15 is 0 Å². The van der Waals surface area contributed by atoms with E-state index in [1.54, 1.807) is 0 Å². The van der Waals surface area contributed by atoms with Gasteiger partial charge in [0.15, 0.2) is 0 Å². The molecule has 1 aromatic rings. The molecule has 0 fully saturated rings. The van der Waals surface area contributed by atoms with Crippen molar-refractivity contribution in [3.05, 3.63) is 23.9 Å². The van der Waals surface area contributed by atoms with Crippen molar-refractivity contribution in [2.75, 3.05) is 12.3 Å². The van der Waals surface area contributed by atoms with Crippen molar-refractivity contribution in [3.63, 3.8) is 0 Å². The molecule has 4 N–H and O–H groups in total. The average molecular weight is 289 g/mol. The van der Waals surface area contributed by atoms with Crippen LogP contribution in [0.2, 0.25) is 0 Å². The van der Waals surface area contributed by atoms with Gasteiger partial charge < -0.3 is 16.4 Å². The molecule has 0 saturated carbocycles. The molecule has 0 spiro atoms. The lowest BCUT2D eigenvalue weighted by Gasteiger charge is -2.19. The Bertz CT molecular complexity index is 533. The molecular formula is C14H19N5O2. The van der Waals surface area contributed by atoms with E-state index in [2.05, 4.69) is 15.6 Å². The Morgan fingerprint density at radius 1 is 1.43 bits per heavy atom. The number of nitrogen functional groups attached to an aromatic ring is 1. The van der Waals surface area contributed by atoms with Crippen LogP contribution in [0.25, 0.3) is 0 Å². The fourth-order valence-corrected chi connectivity index (χ4v) is 1.73. The molecule has 0 aliphatic carbocycles. The molecule has 7 heteroatoms. The molecule has 0 radical (unpaired) electrons. The lowest BCUT2D eigenvalue weighted by atomic mass is 10.0. The average Bonchev–Trinajstić information content (AvgIpc) is 2.44. The number of carbonyl (C=O) groups excluding carboxylic acids is 2. The zero-order valence-electron chi connectivity index (χ0n) is 12.1. The van der Waals surface area contributed by atoms with Gasteiger partial charge in [0, 0.05) is 6.20 Å². The number of nitriles is 1. The molecule has 7 nitrogen and oxygen atoms in total. The maximum absolute atomic E-state index is 12.1. The van der Waals surface area contributed by atoms with Crippen LogP contribution in [0.3, 0.4) is 0 Å². The molecule has 0 bridgehead atoms. The van der Waals surface area contributed by atoms with Gasteiger partial charge in [-0.1, -0.05) is 13.8 Å². The van der Waals surface area contributed by atoms with Gasteiger partial charge in [-0.05, 0) is 24.5 Å². The van der Waals surface area contributed by atoms with Crippen LogP contribution >= 0.6 is 0 Å². The Hall–Kier alpha value is -2.62. The number of pyridine rings is 1. The number of nitrogens with one attached hydrogen (secondary N) is 2. The van der Waals surface area contributed by atoms with E-state index in [-0.39, 0.29) is 18.4 Å². The van der Waals surface area contributed by atoms with E-state index in [9.17, 15) is 9.59 Å². The molecular weight excluding hydrogens is 270 g/mol. The Morgan fingerprint density at radius 3 is 2.67 bits per heavy atom. The molecule has 0 saturated heterocycles. The summed E-state index contributed by atoms with van der Waals surface area (Å²) in [6.45, 7) is 3.80. The fraction of sp³-hybridized carbons (Fsp3) is 0.429. The molecule has 112 valence electrons. The molecule has 0 aliphatic heterocycles. The third kappa shape index (κ3) is 5.48. The molecule has 1 aromatic heterocycles. The smallest absolute Gasteiger partial charge is 0.253 e. The summed E-state index contributed by atoms with van der Waals surface area (Å²) in [4.78, 5) is 27.9. The van der Waals surface area contributed by atoms with Gasteiger partial charge in [0.25, 0.3) is 5.91 Å². The first-order valence-corrected chi connectivity index (χ1v) is 6.61. The molecule has 1 heterocycles. The first kappa shape index (κ1) is 16.4. The van der Waals surface area contributed by atoms with E-state index in [0.29, 0.717) is 17.8 Å². The number of carbonyl (C=O) groups is 2. The minimum absolute atomic E-state index is 0.0906. The fourth-order valence-electron chi connectivity index (χ4n) is 1.73. The van der Waals surface area contributed by atoms with Crippen LogP contribution in [-0.2, 0) is 4.79 Å². The van der Waals surface area contributed by atoms with E-state index in [4.69, 9.17) is 11.0 Å². The summed E-state index contributed by atoms with van der Waals surface area (Å²) in [6, 6.07) is 4.19. The second kappa shape index (κ2) is 7.85. The number of nitrogens with zero attached hydrogens (tertiary/aromatic N) is 2. The van der Waals surface area contributed by atoms with Gasteiger partial charge in [0.05, 0.1) is 11.6 Å². The van der Waals surface area contributed by atoms with Crippen LogP contribution in [-0.4, -0.2) is 29.4 Å². The lowest BCUT2D eigenvalue weighted by molar-refractivity contribution is -0.123. The highest BCUT2D eigenvalue weighted by Crippen LogP contribution is 2.07. The van der Waals surface area contributed by atoms with E-state index < -0.39 is 11.9 Å². The van der Waals surface area contributed by atoms with Gasteiger partial charge in [0.2, 0.25) is 5.91 Å². The molecule has 0 aromatic carbocycles. The Morgan fingerprint density at radius 2 is 2.14 bits per heavy atom. The van der Waals surface area contributed by atoms with Crippen LogP contribution in [0.1, 0.15) is 30.6 Å². The van der Waals surface area contributed by atoms with Crippen molar-refractivity contribution in [2.24, 2.45) is 5.92 Å². The minimum Gasteiger partial charge on any atom is -0.384 e. The molecule has 21 heavy (non-hydrogen) atoms. The number of aromatic nitrogens is 1. The monoisotopic (exact) mass is 289 g/mol. The highest BCUT2D eigenvalue weighted by atomic mass is 16.2. The first-order chi connectivity index (χ1) is 9.93. The summed E-state index contributed by atoms with van der Waals surface area (Å²) in [6.07, 6.45) is 1.83. The van der Waals surface area contributed by atoms with Crippen LogP contribution in [0.5, 0.6) is 0 Å². The van der Waals surface area contributed by atoms with E-state index in [1.807, 2.05) is 19.9 Å². The predicted molar refractivity (Wildman–Crippen MR) is 78.0 cm³/mol. The third-order valence-corrected chi connectivity index (χ3v) is 2.72. The molecule has 1 unspecified atom stereocenters. The molecule has 2 amide bonds. The zero-order valence-corrected chi connectivity index (χ0v) is 12.1. The van der Waals surface area contributed by atoms with Crippen molar-refractivity contribution in [2.45, 2.75) is 26.3 Å². The van der Waals surface area contributed by atoms with Gasteiger partial charge in [-0.3, -0.25) is 9.59 Å². The van der Waals surface area contributed by atoms with Crippen molar-refractivity contribution >= 4 is 17.6 Å². The summed E-state index contributed by atoms with van der Waals surface area (Å²) in [5.74, 6) is -0.244. The lowest BCUT2D eigenvalue weighted by Crippen LogP contribution is -2.47. The number of anilines is 1. The standard InChI is InChI=1S/C14H19N5O2/c1-9(2)7-11(14(21)17-6-5-15)19-13(20)10-3-4-12(16)18-8-10/h3-4,8-9,11H,6-7H2,1-2H3,(H2,16,18)(H,17,21)(H,19,20). The number of hydrogen-bond donors (Lipinski definition) is 3. The summed E-state index contributed by atoms with van der Waals surface area (Å²) >= 11 is 0. The zero-order chi connectivity index (χ0) is 15.8. The van der Waals surface area contributed by atoms with E-state index in [0.717, 1.165) is 0 Å². The van der Waals surface area contributed by atoms with Gasteiger partial charge in [0.1, 0.15) is 18.4 Å². The van der Waals surface area contributed by atoms with Crippen molar-refractivity contribution in [1.29, 1.82) is 5.26 Å². The normalized spacial score (nSPS) is 11.5. The highest BCUT2D eigenvalue weighted by Gasteiger charge is 2.22. The van der Waals surface area contributed by atoms with Crippen LogP contribution in [0.4, 0.5) is 5.82 Å². The predicted octanol–water partition coefficient (Wildman–Crippen LogP) is 0.448. The first-order valence-electron chi connectivity index (χ1n) is 6.61. The highest BCUT2D eigenvalue weighted by molar-refractivity contribution is 5.97. The number of rotatable bonds is 6. The Balaban J connectivity index is 2.75. The molecule has 0 aliphatic rings. The van der Waals surface area contributed by atoms with Gasteiger partial charge in [-0.2, -0.15) is 5.26 Å². The maximum atomic E-state index is 12.1. The minimum atomic E-state index is -0.691. The quantitative estimate of drug-likeness (QED) is 0.656. The van der Waals surface area contributed by atoms with Crippen molar-refractivity contribution in [1.82, 2.24) is 15.6 Å². The van der Waals surface area contributed by atoms with Crippen LogP contribution in [0.15, 0.2) is 18.3 Å². The van der Waals surface area contributed by atoms with Crippen LogP contribution in [0, 0.1) is 17.2 Å². The van der Waals surface area contributed by atoms with Gasteiger partial charge in [-0.25, -0.2) is 4.98 Å². The Labute approximate surface area is 123 Å². The van der Waals surface area contributed by atoms with Gasteiger partial charge >= 0.3 is 0 Å². The summed E-state index contributed by atoms with van der Waals surface area (Å²) < 4.78 is 0. The Kier molecular flexibility index (Phi) is 6.14. The number of hydrogen-bond acceptors (Lipinski definition) is 5. The topological polar surface area (TPSA) is 121 Å². The SMILES string of the molecule is CC(C)CC(NC(=O)c1ccc(N)nc1)C(=O)NCC#N. The summed E-state index contributed by atoms with van der Waals surface area (Å²) in [7, 11) is 0. The molecule has 1 atom stereocenters. The van der Waals surface area contributed by atoms with Crippen molar-refractivity contribution in [3.8, 4) is 6.07 Å². The molecule has 1 rings (SSSR count). The van der Waals surface area contributed by atoms with Gasteiger partial charge in [-0.15, -0.1) is 0 Å². The maximum Gasteiger partial charge on any atom is 0.253 e.